The van der Waals surface area contributed by atoms with Crippen LogP contribution in [0.3, 0.4) is 0 Å². The van der Waals surface area contributed by atoms with Crippen molar-refractivity contribution in [1.29, 1.82) is 0 Å². The second kappa shape index (κ2) is 14.6. The Bertz CT molecular complexity index is 3190. The molecule has 0 atom stereocenters. The van der Waals surface area contributed by atoms with E-state index in [1.165, 1.54) is 30.3 Å². The summed E-state index contributed by atoms with van der Waals surface area (Å²) in [6.45, 7) is 13.8. The first-order chi connectivity index (χ1) is 28.2. The lowest BCUT2D eigenvalue weighted by atomic mass is 9.82. The molecule has 60 heavy (non-hydrogen) atoms. The van der Waals surface area contributed by atoms with Crippen LogP contribution in [0.4, 0.5) is 17.1 Å². The number of anilines is 2. The van der Waals surface area contributed by atoms with Gasteiger partial charge in [0.2, 0.25) is 0 Å². The van der Waals surface area contributed by atoms with E-state index in [9.17, 15) is 55.3 Å². The van der Waals surface area contributed by atoms with Gasteiger partial charge in [0, 0.05) is 34.0 Å². The smallest absolute Gasteiger partial charge is 0.335 e. The average Bonchev–Trinajstić information content (AvgIpc) is 3.19. The number of benzene rings is 5. The highest BCUT2D eigenvalue weighted by Gasteiger charge is 2.35. The van der Waals surface area contributed by atoms with Gasteiger partial charge in [0.15, 0.2) is 11.5 Å². The molecule has 0 fully saturated rings. The Morgan fingerprint density at radius 3 is 1.97 bits per heavy atom. The lowest BCUT2D eigenvalue weighted by Gasteiger charge is -2.28. The molecule has 7 rings (SSSR count). The molecule has 5 N–H and O–H groups in total. The molecule has 1 aliphatic rings. The normalized spacial score (nSPS) is 12.4. The molecule has 0 radical (unpaired) electrons. The number of rotatable bonds is 11. The maximum atomic E-state index is 14.7. The molecule has 0 spiro atoms. The first kappa shape index (κ1) is 41.0. The van der Waals surface area contributed by atoms with Crippen LogP contribution in [0.2, 0.25) is 0 Å². The number of ketones is 1. The standard InChI is InChI=1S/C42H31N3O13S2/c1-5-42(2,3)23-10-15-30(32(19-23)60(55,56)57)58-31-20-29(44-24-17-21(40(48)49)16-22(18-24)41(50)51)34-35-33(27-8-6-7-9-28(27)38(34)46)36(43-4)39(47)45(37(31)35)25-11-13-26(14-12-25)59(52,53)54/h6-20,44H,5H2,1-3H3,(H,48,49)(H,50,51)(H,52,53,54)(H,55,56,57). The summed E-state index contributed by atoms with van der Waals surface area (Å²) in [5.41, 5.74) is -3.11. The van der Waals surface area contributed by atoms with Gasteiger partial charge in [0.1, 0.15) is 10.6 Å². The Kier molecular flexibility index (Phi) is 9.97. The summed E-state index contributed by atoms with van der Waals surface area (Å²) in [5.74, 6) is -4.45. The highest BCUT2D eigenvalue weighted by Crippen LogP contribution is 2.50. The molecular formula is C42H31N3O13S2. The quantitative estimate of drug-likeness (QED) is 0.0614. The van der Waals surface area contributed by atoms with E-state index in [4.69, 9.17) is 11.3 Å². The van der Waals surface area contributed by atoms with Gasteiger partial charge in [-0.15, -0.1) is 0 Å². The van der Waals surface area contributed by atoms with Crippen molar-refractivity contribution < 1.29 is 55.3 Å². The minimum absolute atomic E-state index is 0.0462. The van der Waals surface area contributed by atoms with E-state index in [0.29, 0.717) is 12.0 Å². The minimum atomic E-state index is -5.04. The number of carboxylic acid groups (broad SMARTS) is 2. The van der Waals surface area contributed by atoms with Crippen molar-refractivity contribution in [2.45, 2.75) is 42.4 Å². The number of carbonyl (C=O) groups is 3. The molecule has 6 aromatic rings. The van der Waals surface area contributed by atoms with Gasteiger partial charge < -0.3 is 20.3 Å². The largest absolute Gasteiger partial charge is 0.478 e. The number of aromatic carboxylic acids is 2. The zero-order chi connectivity index (χ0) is 43.6. The van der Waals surface area contributed by atoms with Crippen molar-refractivity contribution in [3.05, 3.63) is 141 Å². The predicted molar refractivity (Wildman–Crippen MR) is 218 cm³/mol. The highest BCUT2D eigenvalue weighted by atomic mass is 32.2. The molecule has 5 aromatic carbocycles. The second-order valence-corrected chi connectivity index (χ2v) is 17.2. The van der Waals surface area contributed by atoms with Gasteiger partial charge in [0.05, 0.1) is 39.4 Å². The lowest BCUT2D eigenvalue weighted by Crippen LogP contribution is -2.23. The van der Waals surface area contributed by atoms with E-state index in [2.05, 4.69) is 10.2 Å². The minimum Gasteiger partial charge on any atom is -0.478 e. The van der Waals surface area contributed by atoms with Crippen LogP contribution < -0.4 is 15.6 Å². The van der Waals surface area contributed by atoms with Gasteiger partial charge in [-0.2, -0.15) is 16.8 Å². The van der Waals surface area contributed by atoms with Crippen LogP contribution in [0.15, 0.2) is 106 Å². The van der Waals surface area contributed by atoms with Gasteiger partial charge in [-0.3, -0.25) is 23.3 Å². The summed E-state index contributed by atoms with van der Waals surface area (Å²) in [5, 5.41) is 22.4. The zero-order valence-corrected chi connectivity index (χ0v) is 33.2. The maximum absolute atomic E-state index is 14.7. The van der Waals surface area contributed by atoms with Gasteiger partial charge in [-0.25, -0.2) is 14.4 Å². The molecule has 16 nitrogen and oxygen atoms in total. The van der Waals surface area contributed by atoms with Gasteiger partial charge in [-0.05, 0) is 77.6 Å². The van der Waals surface area contributed by atoms with Crippen molar-refractivity contribution in [1.82, 2.24) is 4.57 Å². The van der Waals surface area contributed by atoms with Crippen molar-refractivity contribution in [3.8, 4) is 28.3 Å². The van der Waals surface area contributed by atoms with Crippen LogP contribution in [0, 0.1) is 6.57 Å². The Balaban J connectivity index is 1.67. The van der Waals surface area contributed by atoms with E-state index in [1.54, 1.807) is 18.2 Å². The molecule has 0 saturated heterocycles. The number of hydrogen-bond donors (Lipinski definition) is 5. The van der Waals surface area contributed by atoms with Crippen LogP contribution in [0.1, 0.15) is 69.4 Å². The van der Waals surface area contributed by atoms with E-state index in [0.717, 1.165) is 47.0 Å². The van der Waals surface area contributed by atoms with E-state index in [1.807, 2.05) is 20.8 Å². The second-order valence-electron chi connectivity index (χ2n) is 14.4. The molecule has 1 aromatic heterocycles. The third-order valence-corrected chi connectivity index (χ3v) is 12.1. The number of hydrogen-bond acceptors (Lipinski definition) is 10. The summed E-state index contributed by atoms with van der Waals surface area (Å²) in [4.78, 5) is 55.9. The summed E-state index contributed by atoms with van der Waals surface area (Å²) in [7, 11) is -9.76. The van der Waals surface area contributed by atoms with E-state index >= 15 is 0 Å². The summed E-state index contributed by atoms with van der Waals surface area (Å²) >= 11 is 0. The first-order valence-electron chi connectivity index (χ1n) is 17.7. The maximum Gasteiger partial charge on any atom is 0.335 e. The van der Waals surface area contributed by atoms with Crippen molar-refractivity contribution >= 4 is 65.9 Å². The van der Waals surface area contributed by atoms with Crippen molar-refractivity contribution in [3.63, 3.8) is 0 Å². The fourth-order valence-corrected chi connectivity index (χ4v) is 8.13. The van der Waals surface area contributed by atoms with Gasteiger partial charge >= 0.3 is 11.9 Å². The summed E-state index contributed by atoms with van der Waals surface area (Å²) in [6, 6.07) is 18.7. The number of aromatic nitrogens is 1. The zero-order valence-electron chi connectivity index (χ0n) is 31.5. The molecule has 18 heteroatoms. The number of fused-ring (bicyclic) bond motifs is 2. The monoisotopic (exact) mass is 849 g/mol. The molecule has 0 unspecified atom stereocenters. The number of ether oxygens (including phenoxy) is 1. The fourth-order valence-electron chi connectivity index (χ4n) is 7.01. The SMILES string of the molecule is [C-]#[N+]c1c2c3c(c(Nc4cc(C(=O)O)cc(C(=O)O)c4)cc(Oc4ccc(C(C)(C)CC)cc4S(=O)(=O)O)c3n(-c3ccc(S(=O)(=O)O)cc3)c1=O)C(=O)c1ccccc1-2. The molecule has 0 amide bonds. The molecule has 0 saturated carbocycles. The molecule has 304 valence electrons. The van der Waals surface area contributed by atoms with Gasteiger partial charge in [0.25, 0.3) is 31.5 Å². The number of pyridine rings is 1. The molecule has 1 aliphatic carbocycles. The lowest BCUT2D eigenvalue weighted by molar-refractivity contribution is 0.0696. The summed E-state index contributed by atoms with van der Waals surface area (Å²) < 4.78 is 77.5. The van der Waals surface area contributed by atoms with Crippen LogP contribution in [-0.2, 0) is 25.7 Å². The highest BCUT2D eigenvalue weighted by molar-refractivity contribution is 7.86. The van der Waals surface area contributed by atoms with Crippen molar-refractivity contribution in [2.75, 3.05) is 5.32 Å². The number of nitrogens with zero attached hydrogens (tertiary/aromatic N) is 2. The average molecular weight is 850 g/mol. The summed E-state index contributed by atoms with van der Waals surface area (Å²) in [6.07, 6.45) is 0.566. The number of nitrogens with one attached hydrogen (secondary N) is 1. The van der Waals surface area contributed by atoms with E-state index < -0.39 is 81.3 Å². The molecule has 0 bridgehead atoms. The Labute approximate surface area is 341 Å². The molecule has 0 aliphatic heterocycles. The third kappa shape index (κ3) is 7.05. The predicted octanol–water partition coefficient (Wildman–Crippen LogP) is 7.87. The van der Waals surface area contributed by atoms with Crippen LogP contribution >= 0.6 is 0 Å². The molecular weight excluding hydrogens is 819 g/mol. The van der Waals surface area contributed by atoms with E-state index in [-0.39, 0.29) is 56.0 Å². The van der Waals surface area contributed by atoms with Gasteiger partial charge in [-0.1, -0.05) is 51.1 Å². The van der Waals surface area contributed by atoms with Crippen LogP contribution in [0.5, 0.6) is 11.5 Å². The first-order valence-corrected chi connectivity index (χ1v) is 20.6. The topological polar surface area (TPSA) is 248 Å². The number of carboxylic acids is 2. The Hall–Kier alpha value is -7.17. The van der Waals surface area contributed by atoms with Crippen LogP contribution in [0.25, 0.3) is 32.6 Å². The molecule has 1 heterocycles. The Morgan fingerprint density at radius 1 is 0.800 bits per heavy atom. The van der Waals surface area contributed by atoms with Crippen molar-refractivity contribution in [2.24, 2.45) is 0 Å². The van der Waals surface area contributed by atoms with Crippen LogP contribution in [-0.4, -0.2) is 58.4 Å². The fraction of sp³-hybridized carbons (Fsp3) is 0.119. The number of carbonyl (C=O) groups excluding carboxylic acids is 1. The Morgan fingerprint density at radius 2 is 1.42 bits per heavy atom. The third-order valence-electron chi connectivity index (χ3n) is 10.4.